The zero-order valence-corrected chi connectivity index (χ0v) is 22.3. The summed E-state index contributed by atoms with van der Waals surface area (Å²) in [5, 5.41) is 8.22. The van der Waals surface area contributed by atoms with E-state index in [4.69, 9.17) is 27.1 Å². The Labute approximate surface area is 226 Å². The van der Waals surface area contributed by atoms with E-state index in [0.29, 0.717) is 29.0 Å². The van der Waals surface area contributed by atoms with E-state index < -0.39 is 0 Å². The van der Waals surface area contributed by atoms with Gasteiger partial charge >= 0.3 is 0 Å². The minimum absolute atomic E-state index is 0.282. The number of aromatic nitrogens is 4. The molecule has 0 amide bonds. The van der Waals surface area contributed by atoms with Crippen molar-refractivity contribution in [1.82, 2.24) is 24.5 Å². The van der Waals surface area contributed by atoms with E-state index in [1.54, 1.807) is 24.0 Å². The van der Waals surface area contributed by atoms with E-state index in [1.165, 1.54) is 12.8 Å². The highest BCUT2D eigenvalue weighted by Crippen LogP contribution is 2.43. The lowest BCUT2D eigenvalue weighted by Crippen LogP contribution is -2.67. The smallest absolute Gasteiger partial charge is 0.227 e. The van der Waals surface area contributed by atoms with Gasteiger partial charge in [-0.25, -0.2) is 14.5 Å². The van der Waals surface area contributed by atoms with Gasteiger partial charge in [0.05, 0.1) is 47.0 Å². The Hall–Kier alpha value is -3.66. The highest BCUT2D eigenvalue weighted by molar-refractivity contribution is 6.33. The van der Waals surface area contributed by atoms with Crippen LogP contribution >= 0.6 is 11.6 Å². The van der Waals surface area contributed by atoms with Gasteiger partial charge in [-0.15, -0.1) is 0 Å². The third-order valence-corrected chi connectivity index (χ3v) is 7.99. The van der Waals surface area contributed by atoms with Crippen LogP contribution in [-0.4, -0.2) is 70.4 Å². The third kappa shape index (κ3) is 4.26. The fourth-order valence-corrected chi connectivity index (χ4v) is 5.81. The Morgan fingerprint density at radius 2 is 2.11 bits per heavy atom. The monoisotopic (exact) mass is 530 g/mol. The van der Waals surface area contributed by atoms with Crippen LogP contribution in [0.15, 0.2) is 55.0 Å². The van der Waals surface area contributed by atoms with Crippen molar-refractivity contribution < 1.29 is 4.74 Å². The molecule has 5 heterocycles. The van der Waals surface area contributed by atoms with Crippen molar-refractivity contribution in [2.24, 2.45) is 5.73 Å². The van der Waals surface area contributed by atoms with Gasteiger partial charge in [-0.2, -0.15) is 5.10 Å². The standard InChI is InChI=1S/C28H31ClN8O/c1-35-11-6-9-28(35)17-36(18-28)24-14-25(38-2)22(13-19(24)7-5-10-30)33-27-31-16-21(29)26(34-27)20-15-32-37-12-4-3-8-23(20)37/h3-5,7-8,12-16H,6,9-11,17-18,30H2,1-2H3,(H,31,33,34). The predicted octanol–water partition coefficient (Wildman–Crippen LogP) is 4.45. The normalized spacial score (nSPS) is 17.0. The molecule has 196 valence electrons. The molecule has 2 saturated heterocycles. The largest absolute Gasteiger partial charge is 0.494 e. The molecule has 0 aliphatic carbocycles. The number of likely N-dealkylation sites (tertiary alicyclic amines) is 1. The summed E-state index contributed by atoms with van der Waals surface area (Å²) in [5.74, 6) is 1.12. The molecule has 2 fully saturated rings. The van der Waals surface area contributed by atoms with Gasteiger partial charge in [0.1, 0.15) is 5.75 Å². The zero-order valence-electron chi connectivity index (χ0n) is 21.6. The van der Waals surface area contributed by atoms with Gasteiger partial charge in [0.15, 0.2) is 0 Å². The lowest BCUT2D eigenvalue weighted by molar-refractivity contribution is 0.133. The van der Waals surface area contributed by atoms with Gasteiger partial charge in [0.25, 0.3) is 0 Å². The van der Waals surface area contributed by atoms with Crippen molar-refractivity contribution in [3.05, 3.63) is 65.6 Å². The number of fused-ring (bicyclic) bond motifs is 1. The molecule has 1 spiro atoms. The van der Waals surface area contributed by atoms with Gasteiger partial charge in [0, 0.05) is 43.1 Å². The molecule has 0 radical (unpaired) electrons. The maximum Gasteiger partial charge on any atom is 0.227 e. The molecular formula is C28H31ClN8O. The lowest BCUT2D eigenvalue weighted by atomic mass is 9.86. The molecule has 0 atom stereocenters. The average molecular weight is 531 g/mol. The first-order chi connectivity index (χ1) is 18.5. The Balaban J connectivity index is 1.34. The van der Waals surface area contributed by atoms with Crippen LogP contribution in [0, 0.1) is 0 Å². The Morgan fingerprint density at radius 3 is 2.87 bits per heavy atom. The summed E-state index contributed by atoms with van der Waals surface area (Å²) in [6.45, 7) is 3.64. The van der Waals surface area contributed by atoms with E-state index in [-0.39, 0.29) is 5.54 Å². The molecule has 3 aromatic heterocycles. The zero-order chi connectivity index (χ0) is 26.3. The first-order valence-electron chi connectivity index (χ1n) is 12.8. The molecule has 0 unspecified atom stereocenters. The van der Waals surface area contributed by atoms with Crippen molar-refractivity contribution in [2.75, 3.05) is 50.6 Å². The van der Waals surface area contributed by atoms with Crippen LogP contribution < -0.4 is 20.7 Å². The highest BCUT2D eigenvalue weighted by atomic mass is 35.5. The van der Waals surface area contributed by atoms with Gasteiger partial charge in [0.2, 0.25) is 5.95 Å². The van der Waals surface area contributed by atoms with E-state index >= 15 is 0 Å². The summed E-state index contributed by atoms with van der Waals surface area (Å²) in [7, 11) is 3.91. The van der Waals surface area contributed by atoms with Crippen LogP contribution in [0.5, 0.6) is 5.75 Å². The summed E-state index contributed by atoms with van der Waals surface area (Å²) >= 11 is 6.53. The molecule has 6 rings (SSSR count). The number of nitrogens with two attached hydrogens (primary N) is 1. The highest BCUT2D eigenvalue weighted by Gasteiger charge is 2.49. The molecular weight excluding hydrogens is 500 g/mol. The van der Waals surface area contributed by atoms with Crippen LogP contribution in [0.2, 0.25) is 5.02 Å². The number of nitrogens with one attached hydrogen (secondary N) is 1. The molecule has 2 aliphatic heterocycles. The third-order valence-electron chi connectivity index (χ3n) is 7.71. The minimum Gasteiger partial charge on any atom is -0.494 e. The maximum atomic E-state index is 6.53. The molecule has 38 heavy (non-hydrogen) atoms. The second-order valence-corrected chi connectivity index (χ2v) is 10.4. The number of hydrogen-bond donors (Lipinski definition) is 2. The maximum absolute atomic E-state index is 6.53. The Morgan fingerprint density at radius 1 is 1.24 bits per heavy atom. The summed E-state index contributed by atoms with van der Waals surface area (Å²) in [4.78, 5) is 14.1. The van der Waals surface area contributed by atoms with Crippen LogP contribution in [0.25, 0.3) is 22.9 Å². The van der Waals surface area contributed by atoms with E-state index in [9.17, 15) is 0 Å². The molecule has 10 heteroatoms. The summed E-state index contributed by atoms with van der Waals surface area (Å²) in [5.41, 5.74) is 11.4. The van der Waals surface area contributed by atoms with Gasteiger partial charge in [-0.1, -0.05) is 29.8 Å². The van der Waals surface area contributed by atoms with E-state index in [2.05, 4.69) is 50.5 Å². The van der Waals surface area contributed by atoms with Crippen molar-refractivity contribution >= 4 is 40.5 Å². The van der Waals surface area contributed by atoms with Crippen molar-refractivity contribution in [3.63, 3.8) is 0 Å². The van der Waals surface area contributed by atoms with Crippen molar-refractivity contribution in [2.45, 2.75) is 18.4 Å². The first-order valence-corrected chi connectivity index (χ1v) is 13.2. The molecule has 3 N–H and O–H groups in total. The Bertz CT molecular complexity index is 1510. The molecule has 0 saturated carbocycles. The molecule has 2 aliphatic rings. The fourth-order valence-electron chi connectivity index (χ4n) is 5.62. The number of likely N-dealkylation sites (N-methyl/N-ethyl adjacent to an activating group) is 1. The molecule has 1 aromatic carbocycles. The average Bonchev–Trinajstić information content (AvgIpc) is 3.51. The molecule has 9 nitrogen and oxygen atoms in total. The minimum atomic E-state index is 0.282. The van der Waals surface area contributed by atoms with Crippen LogP contribution in [0.4, 0.5) is 17.3 Å². The summed E-state index contributed by atoms with van der Waals surface area (Å²) < 4.78 is 7.61. The fraction of sp³-hybridized carbons (Fsp3) is 0.321. The SMILES string of the molecule is COc1cc(N2CC3(CCCN3C)C2)c(C=CCN)cc1Nc1ncc(Cl)c(-c2cnn3ccccc23)n1. The van der Waals surface area contributed by atoms with Gasteiger partial charge in [-0.3, -0.25) is 4.90 Å². The number of nitrogens with zero attached hydrogens (tertiary/aromatic N) is 6. The van der Waals surface area contributed by atoms with Crippen LogP contribution in [-0.2, 0) is 0 Å². The van der Waals surface area contributed by atoms with Crippen molar-refractivity contribution in [1.29, 1.82) is 0 Å². The van der Waals surface area contributed by atoms with Crippen LogP contribution in [0.1, 0.15) is 18.4 Å². The van der Waals surface area contributed by atoms with Crippen LogP contribution in [0.3, 0.4) is 0 Å². The topological polar surface area (TPSA) is 96.8 Å². The molecule has 4 aromatic rings. The quantitative estimate of drug-likeness (QED) is 0.362. The number of benzene rings is 1. The number of hydrogen-bond acceptors (Lipinski definition) is 8. The lowest BCUT2D eigenvalue weighted by Gasteiger charge is -2.53. The summed E-state index contributed by atoms with van der Waals surface area (Å²) in [6, 6.07) is 10.0. The number of methoxy groups -OCH3 is 1. The van der Waals surface area contributed by atoms with Gasteiger partial charge in [-0.05, 0) is 50.2 Å². The molecule has 0 bridgehead atoms. The number of pyridine rings is 1. The Kier molecular flexibility index (Phi) is 6.43. The second-order valence-electron chi connectivity index (χ2n) is 9.96. The number of rotatable bonds is 7. The predicted molar refractivity (Wildman–Crippen MR) is 152 cm³/mol. The van der Waals surface area contributed by atoms with Crippen molar-refractivity contribution in [3.8, 4) is 17.0 Å². The van der Waals surface area contributed by atoms with E-state index in [0.717, 1.165) is 47.7 Å². The number of ether oxygens (including phenoxy) is 1. The second kappa shape index (κ2) is 9.90. The van der Waals surface area contributed by atoms with Gasteiger partial charge < -0.3 is 20.7 Å². The first kappa shape index (κ1) is 24.7. The number of anilines is 3. The number of halogens is 1. The van der Waals surface area contributed by atoms with E-state index in [1.807, 2.05) is 30.5 Å². The summed E-state index contributed by atoms with van der Waals surface area (Å²) in [6.07, 6.45) is 11.8.